The Hall–Kier alpha value is -4.68. The maximum atomic E-state index is 13.1. The van der Waals surface area contributed by atoms with Gasteiger partial charge < -0.3 is 25.2 Å². The molecule has 1 fully saturated rings. The second kappa shape index (κ2) is 15.3. The zero-order chi connectivity index (χ0) is 33.5. The number of nitrogens with zero attached hydrogens (tertiary/aromatic N) is 3. The summed E-state index contributed by atoms with van der Waals surface area (Å²) in [7, 11) is 3.04. The number of carbonyl (C=O) groups excluding carboxylic acids is 2. The molecule has 0 unspecified atom stereocenters. The number of aromatic nitrogens is 2. The first-order valence-electron chi connectivity index (χ1n) is 15.1. The Morgan fingerprint density at radius 2 is 1.53 bits per heavy atom. The van der Waals surface area contributed by atoms with Gasteiger partial charge in [0.1, 0.15) is 17.4 Å². The molecule has 5 rings (SSSR count). The van der Waals surface area contributed by atoms with Crippen LogP contribution in [0.1, 0.15) is 63.2 Å². The largest absolute Gasteiger partial charge is 0.480 e. The number of hydrogen-bond acceptors (Lipinski definition) is 8. The predicted octanol–water partition coefficient (Wildman–Crippen LogP) is 6.34. The summed E-state index contributed by atoms with van der Waals surface area (Å²) < 4.78 is 10.5. The summed E-state index contributed by atoms with van der Waals surface area (Å²) in [5.41, 5.74) is 5.14. The van der Waals surface area contributed by atoms with E-state index in [4.69, 9.17) is 21.1 Å². The van der Waals surface area contributed by atoms with Crippen molar-refractivity contribution in [2.75, 3.05) is 31.4 Å². The van der Waals surface area contributed by atoms with Gasteiger partial charge in [0.15, 0.2) is 6.29 Å². The molecule has 1 aliphatic rings. The third-order valence-corrected chi connectivity index (χ3v) is 8.59. The van der Waals surface area contributed by atoms with Crippen LogP contribution >= 0.6 is 11.6 Å². The van der Waals surface area contributed by atoms with Crippen LogP contribution in [0.4, 0.5) is 11.4 Å². The van der Waals surface area contributed by atoms with Crippen LogP contribution in [-0.4, -0.2) is 64.6 Å². The summed E-state index contributed by atoms with van der Waals surface area (Å²) >= 11 is 6.83. The van der Waals surface area contributed by atoms with Crippen LogP contribution in [0.5, 0.6) is 0 Å². The van der Waals surface area contributed by atoms with Crippen LogP contribution < -0.4 is 10.6 Å². The van der Waals surface area contributed by atoms with E-state index in [-0.39, 0.29) is 17.3 Å². The Bertz CT molecular complexity index is 1740. The second-order valence-corrected chi connectivity index (χ2v) is 11.6. The standard InChI is InChI=1S/C35H36ClN5O6/c1-21-24(8-6-10-26(21)39-32(42)29-16-14-23(19-38-29)35(46-2)47-3)25-9-7-11-27(31(25)36)40-33(43)28-15-13-22(18-37-28)20-41-17-5-4-12-30(41)34(44)45/h6-11,13-16,18-19,30,35H,4-5,12,17,20H2,1-3H3,(H,39,42)(H,40,43)(H,44,45)/t30-/m0/s1. The number of piperidine rings is 1. The van der Waals surface area contributed by atoms with E-state index in [0.29, 0.717) is 47.0 Å². The minimum atomic E-state index is -0.817. The number of benzene rings is 2. The molecule has 244 valence electrons. The molecular formula is C35H36ClN5O6. The van der Waals surface area contributed by atoms with Crippen LogP contribution in [-0.2, 0) is 20.8 Å². The van der Waals surface area contributed by atoms with E-state index in [9.17, 15) is 19.5 Å². The second-order valence-electron chi connectivity index (χ2n) is 11.2. The number of ether oxygens (including phenoxy) is 2. The summed E-state index contributed by atoms with van der Waals surface area (Å²) in [4.78, 5) is 48.3. The van der Waals surface area contributed by atoms with E-state index in [1.54, 1.807) is 48.7 Å². The first kappa shape index (κ1) is 33.7. The molecule has 1 atom stereocenters. The van der Waals surface area contributed by atoms with Crippen molar-refractivity contribution in [2.24, 2.45) is 0 Å². The first-order valence-corrected chi connectivity index (χ1v) is 15.5. The zero-order valence-electron chi connectivity index (χ0n) is 26.3. The Morgan fingerprint density at radius 3 is 2.15 bits per heavy atom. The molecule has 2 aromatic heterocycles. The van der Waals surface area contributed by atoms with Gasteiger partial charge in [0.25, 0.3) is 11.8 Å². The number of carbonyl (C=O) groups is 3. The summed E-state index contributed by atoms with van der Waals surface area (Å²) in [6, 6.07) is 17.0. The molecule has 0 saturated carbocycles. The highest BCUT2D eigenvalue weighted by Crippen LogP contribution is 2.37. The normalized spacial score (nSPS) is 15.0. The number of hydrogen-bond donors (Lipinski definition) is 3. The molecule has 12 heteroatoms. The van der Waals surface area contributed by atoms with Crippen LogP contribution in [0.25, 0.3) is 11.1 Å². The molecule has 2 amide bonds. The lowest BCUT2D eigenvalue weighted by Gasteiger charge is -2.32. The van der Waals surface area contributed by atoms with Crippen molar-refractivity contribution in [3.8, 4) is 11.1 Å². The fourth-order valence-corrected chi connectivity index (χ4v) is 5.94. The van der Waals surface area contributed by atoms with Gasteiger partial charge in [-0.05, 0) is 67.3 Å². The number of nitrogens with one attached hydrogen (secondary N) is 2. The van der Waals surface area contributed by atoms with Gasteiger partial charge in [-0.25, -0.2) is 0 Å². The Kier molecular flexibility index (Phi) is 10.9. The quantitative estimate of drug-likeness (QED) is 0.157. The molecule has 0 radical (unpaired) electrons. The first-order chi connectivity index (χ1) is 22.7. The van der Waals surface area contributed by atoms with Crippen LogP contribution in [0.2, 0.25) is 5.02 Å². The Balaban J connectivity index is 1.28. The van der Waals surface area contributed by atoms with E-state index >= 15 is 0 Å². The molecule has 1 aliphatic heterocycles. The maximum absolute atomic E-state index is 13.1. The Labute approximate surface area is 277 Å². The van der Waals surface area contributed by atoms with E-state index < -0.39 is 24.2 Å². The number of likely N-dealkylation sites (tertiary alicyclic amines) is 1. The molecule has 1 saturated heterocycles. The number of aliphatic carboxylic acids is 1. The summed E-state index contributed by atoms with van der Waals surface area (Å²) in [5.74, 6) is -1.63. The average molecular weight is 658 g/mol. The predicted molar refractivity (Wildman–Crippen MR) is 178 cm³/mol. The van der Waals surface area contributed by atoms with Crippen molar-refractivity contribution in [3.63, 3.8) is 0 Å². The van der Waals surface area contributed by atoms with Gasteiger partial charge in [-0.3, -0.25) is 29.3 Å². The number of carboxylic acid groups (broad SMARTS) is 1. The number of anilines is 2. The third-order valence-electron chi connectivity index (χ3n) is 8.18. The third kappa shape index (κ3) is 7.83. The molecule has 2 aromatic carbocycles. The molecular weight excluding hydrogens is 622 g/mol. The fourth-order valence-electron chi connectivity index (χ4n) is 5.67. The summed E-state index contributed by atoms with van der Waals surface area (Å²) in [5, 5.41) is 15.7. The molecule has 3 N–H and O–H groups in total. The van der Waals surface area contributed by atoms with Crippen LogP contribution in [0.15, 0.2) is 73.1 Å². The van der Waals surface area contributed by atoms with Gasteiger partial charge in [0, 0.05) is 50.0 Å². The van der Waals surface area contributed by atoms with Gasteiger partial charge in [0.2, 0.25) is 0 Å². The Morgan fingerprint density at radius 1 is 0.894 bits per heavy atom. The number of pyridine rings is 2. The lowest BCUT2D eigenvalue weighted by atomic mass is 9.98. The van der Waals surface area contributed by atoms with Crippen LogP contribution in [0.3, 0.4) is 0 Å². The van der Waals surface area contributed by atoms with Gasteiger partial charge in [-0.15, -0.1) is 0 Å². The summed E-state index contributed by atoms with van der Waals surface area (Å²) in [6.45, 7) is 3.03. The molecule has 0 bridgehead atoms. The van der Waals surface area contributed by atoms with Crippen molar-refractivity contribution in [2.45, 2.75) is 45.1 Å². The fraction of sp³-hybridized carbons (Fsp3) is 0.286. The van der Waals surface area contributed by atoms with E-state index in [1.165, 1.54) is 20.4 Å². The molecule has 4 aromatic rings. The van der Waals surface area contributed by atoms with Gasteiger partial charge in [-0.2, -0.15) is 0 Å². The van der Waals surface area contributed by atoms with Crippen molar-refractivity contribution >= 4 is 40.8 Å². The van der Waals surface area contributed by atoms with E-state index in [2.05, 4.69) is 20.6 Å². The highest BCUT2D eigenvalue weighted by atomic mass is 35.5. The molecule has 11 nitrogen and oxygen atoms in total. The minimum absolute atomic E-state index is 0.200. The van der Waals surface area contributed by atoms with Crippen molar-refractivity contribution < 1.29 is 29.0 Å². The highest BCUT2D eigenvalue weighted by molar-refractivity contribution is 6.36. The summed E-state index contributed by atoms with van der Waals surface area (Å²) in [6.07, 6.45) is 5.03. The average Bonchev–Trinajstić information content (AvgIpc) is 3.08. The van der Waals surface area contributed by atoms with Gasteiger partial charge in [-0.1, -0.05) is 54.4 Å². The molecule has 3 heterocycles. The van der Waals surface area contributed by atoms with Gasteiger partial charge >= 0.3 is 5.97 Å². The number of methoxy groups -OCH3 is 2. The topological polar surface area (TPSA) is 143 Å². The highest BCUT2D eigenvalue weighted by Gasteiger charge is 2.28. The number of halogens is 1. The van der Waals surface area contributed by atoms with Crippen molar-refractivity contribution in [3.05, 3.63) is 106 Å². The lowest BCUT2D eigenvalue weighted by molar-refractivity contribution is -0.144. The smallest absolute Gasteiger partial charge is 0.320 e. The minimum Gasteiger partial charge on any atom is -0.480 e. The maximum Gasteiger partial charge on any atom is 0.320 e. The molecule has 0 aliphatic carbocycles. The van der Waals surface area contributed by atoms with E-state index in [0.717, 1.165) is 29.5 Å². The molecule has 0 spiro atoms. The van der Waals surface area contributed by atoms with Gasteiger partial charge in [0.05, 0.1) is 10.7 Å². The number of carboxylic acids is 1. The number of amides is 2. The molecule has 47 heavy (non-hydrogen) atoms. The lowest BCUT2D eigenvalue weighted by Crippen LogP contribution is -2.44. The number of rotatable bonds is 11. The van der Waals surface area contributed by atoms with E-state index in [1.807, 2.05) is 30.0 Å². The van der Waals surface area contributed by atoms with Crippen LogP contribution in [0, 0.1) is 6.92 Å². The SMILES string of the molecule is COC(OC)c1ccc(C(=O)Nc2cccc(-c3cccc(NC(=O)c4ccc(CN5CCCC[C@H]5C(=O)O)cn4)c3Cl)c2C)nc1. The monoisotopic (exact) mass is 657 g/mol. The zero-order valence-corrected chi connectivity index (χ0v) is 27.1. The van der Waals surface area contributed by atoms with Crippen molar-refractivity contribution in [1.29, 1.82) is 0 Å². The van der Waals surface area contributed by atoms with Crippen molar-refractivity contribution in [1.82, 2.24) is 14.9 Å².